The van der Waals surface area contributed by atoms with Crippen molar-refractivity contribution in [2.45, 2.75) is 50.1 Å². The molecule has 0 saturated carbocycles. The fraction of sp³-hybridized carbons (Fsp3) is 0.500. The number of amides is 1. The number of ether oxygens (including phenoxy) is 1. The smallest absolute Gasteiger partial charge is 0.233 e. The molecular formula is C18H24N4O2S. The Hall–Kier alpha value is -1.86. The second kappa shape index (κ2) is 8.01. The van der Waals surface area contributed by atoms with Crippen molar-refractivity contribution in [1.82, 2.24) is 20.1 Å². The highest BCUT2D eigenvalue weighted by Crippen LogP contribution is 2.25. The summed E-state index contributed by atoms with van der Waals surface area (Å²) in [5.74, 6) is -0.00400. The summed E-state index contributed by atoms with van der Waals surface area (Å²) in [7, 11) is 0. The summed E-state index contributed by atoms with van der Waals surface area (Å²) < 4.78 is 7.47. The minimum Gasteiger partial charge on any atom is -0.376 e. The van der Waals surface area contributed by atoms with Gasteiger partial charge in [0.1, 0.15) is 6.33 Å². The maximum Gasteiger partial charge on any atom is 0.233 e. The summed E-state index contributed by atoms with van der Waals surface area (Å²) in [6.07, 6.45) is 3.93. The quantitative estimate of drug-likeness (QED) is 0.802. The second-order valence-electron chi connectivity index (χ2n) is 6.41. The molecule has 0 bridgehead atoms. The van der Waals surface area contributed by atoms with E-state index in [1.807, 2.05) is 11.5 Å². The van der Waals surface area contributed by atoms with Crippen LogP contribution in [0.1, 0.15) is 30.9 Å². The highest BCUT2D eigenvalue weighted by Gasteiger charge is 2.21. The lowest BCUT2D eigenvalue weighted by Gasteiger charge is -2.15. The number of hydrogen-bond acceptors (Lipinski definition) is 5. The van der Waals surface area contributed by atoms with Gasteiger partial charge in [-0.1, -0.05) is 29.5 Å². The first kappa shape index (κ1) is 17.9. The standard InChI is InChI=1S/C18H24N4O2S/c1-12-6-7-16(13(2)9-12)22-11-20-21-18(22)25-14(3)17(23)19-10-15-5-4-8-24-15/h6-7,9,11,14-15H,4-5,8,10H2,1-3H3,(H,19,23)/t14-,15+/m0/s1. The maximum atomic E-state index is 12.3. The number of aromatic nitrogens is 3. The van der Waals surface area contributed by atoms with Crippen molar-refractivity contribution >= 4 is 17.7 Å². The Morgan fingerprint density at radius 3 is 3.04 bits per heavy atom. The van der Waals surface area contributed by atoms with Crippen LogP contribution >= 0.6 is 11.8 Å². The fourth-order valence-corrected chi connectivity index (χ4v) is 3.78. The van der Waals surface area contributed by atoms with Gasteiger partial charge in [0, 0.05) is 13.2 Å². The van der Waals surface area contributed by atoms with Gasteiger partial charge < -0.3 is 10.1 Å². The zero-order valence-corrected chi connectivity index (χ0v) is 15.7. The predicted octanol–water partition coefficient (Wildman–Crippen LogP) is 2.66. The predicted molar refractivity (Wildman–Crippen MR) is 98.1 cm³/mol. The molecule has 7 heteroatoms. The second-order valence-corrected chi connectivity index (χ2v) is 7.72. The topological polar surface area (TPSA) is 69.0 Å². The summed E-state index contributed by atoms with van der Waals surface area (Å²) in [5.41, 5.74) is 3.40. The van der Waals surface area contributed by atoms with Crippen molar-refractivity contribution in [1.29, 1.82) is 0 Å². The highest BCUT2D eigenvalue weighted by atomic mass is 32.2. The Labute approximate surface area is 152 Å². The molecule has 1 fully saturated rings. The van der Waals surface area contributed by atoms with E-state index in [2.05, 4.69) is 47.6 Å². The van der Waals surface area contributed by atoms with Crippen molar-refractivity contribution in [3.05, 3.63) is 35.7 Å². The van der Waals surface area contributed by atoms with Gasteiger partial charge in [-0.3, -0.25) is 9.36 Å². The van der Waals surface area contributed by atoms with Crippen LogP contribution in [0.4, 0.5) is 0 Å². The van der Waals surface area contributed by atoms with Crippen LogP contribution in [0.2, 0.25) is 0 Å². The number of benzene rings is 1. The van der Waals surface area contributed by atoms with Gasteiger partial charge in [-0.2, -0.15) is 0 Å². The summed E-state index contributed by atoms with van der Waals surface area (Å²) in [6, 6.07) is 6.25. The Kier molecular flexibility index (Phi) is 5.75. The number of aryl methyl sites for hydroxylation is 2. The number of hydrogen-bond donors (Lipinski definition) is 1. The van der Waals surface area contributed by atoms with Crippen LogP contribution in [0.5, 0.6) is 0 Å². The van der Waals surface area contributed by atoms with E-state index in [0.29, 0.717) is 11.7 Å². The van der Waals surface area contributed by atoms with Crippen LogP contribution in [-0.2, 0) is 9.53 Å². The maximum absolute atomic E-state index is 12.3. The Bertz CT molecular complexity index is 740. The van der Waals surface area contributed by atoms with Crippen LogP contribution in [-0.4, -0.2) is 45.2 Å². The van der Waals surface area contributed by atoms with Gasteiger partial charge in [0.05, 0.1) is 17.0 Å². The van der Waals surface area contributed by atoms with Crippen molar-refractivity contribution in [3.8, 4) is 5.69 Å². The van der Waals surface area contributed by atoms with Gasteiger partial charge in [-0.25, -0.2) is 0 Å². The molecule has 2 heterocycles. The molecule has 0 radical (unpaired) electrons. The summed E-state index contributed by atoms with van der Waals surface area (Å²) in [6.45, 7) is 7.39. The minimum absolute atomic E-state index is 0.00400. The zero-order chi connectivity index (χ0) is 17.8. The third kappa shape index (κ3) is 4.41. The molecular weight excluding hydrogens is 336 g/mol. The summed E-state index contributed by atoms with van der Waals surface area (Å²) in [4.78, 5) is 12.3. The van der Waals surface area contributed by atoms with Gasteiger partial charge in [-0.05, 0) is 45.2 Å². The van der Waals surface area contributed by atoms with Crippen molar-refractivity contribution in [2.24, 2.45) is 0 Å². The lowest BCUT2D eigenvalue weighted by atomic mass is 10.1. The van der Waals surface area contributed by atoms with Gasteiger partial charge in [0.15, 0.2) is 5.16 Å². The van der Waals surface area contributed by atoms with E-state index < -0.39 is 0 Å². The van der Waals surface area contributed by atoms with E-state index in [1.165, 1.54) is 17.3 Å². The third-order valence-corrected chi connectivity index (χ3v) is 5.36. The minimum atomic E-state index is -0.255. The first-order valence-corrected chi connectivity index (χ1v) is 9.46. The molecule has 0 unspecified atom stereocenters. The third-order valence-electron chi connectivity index (χ3n) is 4.31. The van der Waals surface area contributed by atoms with Crippen LogP contribution in [0, 0.1) is 13.8 Å². The molecule has 2 aromatic rings. The van der Waals surface area contributed by atoms with Crippen molar-refractivity contribution in [2.75, 3.05) is 13.2 Å². The Morgan fingerprint density at radius 2 is 2.32 bits per heavy atom. The molecule has 1 saturated heterocycles. The van der Waals surface area contributed by atoms with E-state index in [-0.39, 0.29) is 17.3 Å². The first-order valence-electron chi connectivity index (χ1n) is 8.58. The Morgan fingerprint density at radius 1 is 1.48 bits per heavy atom. The average molecular weight is 360 g/mol. The molecule has 134 valence electrons. The summed E-state index contributed by atoms with van der Waals surface area (Å²) >= 11 is 1.41. The zero-order valence-electron chi connectivity index (χ0n) is 14.9. The largest absolute Gasteiger partial charge is 0.376 e. The van der Waals surface area contributed by atoms with Crippen molar-refractivity contribution in [3.63, 3.8) is 0 Å². The van der Waals surface area contributed by atoms with E-state index >= 15 is 0 Å². The average Bonchev–Trinajstić information content (AvgIpc) is 3.24. The van der Waals surface area contributed by atoms with Crippen LogP contribution in [0.25, 0.3) is 5.69 Å². The summed E-state index contributed by atoms with van der Waals surface area (Å²) in [5, 5.41) is 11.6. The van der Waals surface area contributed by atoms with Gasteiger partial charge in [-0.15, -0.1) is 10.2 Å². The fourth-order valence-electron chi connectivity index (χ4n) is 2.92. The van der Waals surface area contributed by atoms with Crippen LogP contribution in [0.15, 0.2) is 29.7 Å². The molecule has 6 nitrogen and oxygen atoms in total. The van der Waals surface area contributed by atoms with Crippen LogP contribution < -0.4 is 5.32 Å². The normalized spacial score (nSPS) is 18.3. The lowest BCUT2D eigenvalue weighted by Crippen LogP contribution is -2.36. The molecule has 1 amide bonds. The van der Waals surface area contributed by atoms with E-state index in [4.69, 9.17) is 4.74 Å². The molecule has 1 aromatic heterocycles. The number of carbonyl (C=O) groups is 1. The lowest BCUT2D eigenvalue weighted by molar-refractivity contribution is -0.120. The molecule has 1 N–H and O–H groups in total. The van der Waals surface area contributed by atoms with Gasteiger partial charge in [0.2, 0.25) is 5.91 Å². The highest BCUT2D eigenvalue weighted by molar-refractivity contribution is 8.00. The molecule has 3 rings (SSSR count). The number of nitrogens with one attached hydrogen (secondary N) is 1. The monoisotopic (exact) mass is 360 g/mol. The number of carbonyl (C=O) groups excluding carboxylic acids is 1. The first-order chi connectivity index (χ1) is 12.0. The molecule has 1 aliphatic heterocycles. The van der Waals surface area contributed by atoms with E-state index in [1.54, 1.807) is 6.33 Å². The van der Waals surface area contributed by atoms with E-state index in [0.717, 1.165) is 30.7 Å². The SMILES string of the molecule is Cc1ccc(-n2cnnc2S[C@@H](C)C(=O)NC[C@H]2CCCO2)c(C)c1. The number of nitrogens with zero attached hydrogens (tertiary/aromatic N) is 3. The number of rotatable bonds is 6. The van der Waals surface area contributed by atoms with Crippen molar-refractivity contribution < 1.29 is 9.53 Å². The number of thioether (sulfide) groups is 1. The molecule has 0 spiro atoms. The molecule has 2 atom stereocenters. The Balaban J connectivity index is 1.64. The van der Waals surface area contributed by atoms with Gasteiger partial charge in [0.25, 0.3) is 0 Å². The van der Waals surface area contributed by atoms with Crippen LogP contribution in [0.3, 0.4) is 0 Å². The van der Waals surface area contributed by atoms with E-state index in [9.17, 15) is 4.79 Å². The molecule has 25 heavy (non-hydrogen) atoms. The van der Waals surface area contributed by atoms with Gasteiger partial charge >= 0.3 is 0 Å². The molecule has 1 aromatic carbocycles. The molecule has 1 aliphatic rings. The molecule has 0 aliphatic carbocycles.